The molecule has 0 amide bonds. The Hall–Kier alpha value is -1.60. The summed E-state index contributed by atoms with van der Waals surface area (Å²) in [4.78, 5) is 0. The predicted molar refractivity (Wildman–Crippen MR) is 64.8 cm³/mol. The number of para-hydroxylation sites is 1. The van der Waals surface area contributed by atoms with E-state index in [-0.39, 0.29) is 6.04 Å². The molecule has 1 heterocycles. The van der Waals surface area contributed by atoms with Crippen molar-refractivity contribution in [2.45, 2.75) is 18.9 Å². The summed E-state index contributed by atoms with van der Waals surface area (Å²) in [5.74, 6) is 0.328. The van der Waals surface area contributed by atoms with Crippen LogP contribution in [0.25, 0.3) is 10.9 Å². The molecule has 0 spiro atoms. The van der Waals surface area contributed by atoms with Gasteiger partial charge in [-0.25, -0.2) is 0 Å². The number of nitrogens with one attached hydrogen (secondary N) is 3. The SMILES string of the molecule is O=S(=O)(Nc1n[nH]c2ccccc12)NC1CC1. The van der Waals surface area contributed by atoms with Crippen LogP contribution in [-0.4, -0.2) is 24.7 Å². The summed E-state index contributed by atoms with van der Waals surface area (Å²) >= 11 is 0. The molecule has 6 nitrogen and oxygen atoms in total. The van der Waals surface area contributed by atoms with Gasteiger partial charge < -0.3 is 0 Å². The van der Waals surface area contributed by atoms with E-state index in [0.29, 0.717) is 5.82 Å². The number of hydrogen-bond donors (Lipinski definition) is 3. The van der Waals surface area contributed by atoms with Gasteiger partial charge in [0.05, 0.1) is 5.52 Å². The maximum Gasteiger partial charge on any atom is 0.300 e. The third-order valence-electron chi connectivity index (χ3n) is 2.60. The molecule has 1 aromatic carbocycles. The van der Waals surface area contributed by atoms with Crippen molar-refractivity contribution in [1.82, 2.24) is 14.9 Å². The van der Waals surface area contributed by atoms with Gasteiger partial charge in [0, 0.05) is 11.4 Å². The molecule has 1 aliphatic rings. The quantitative estimate of drug-likeness (QED) is 0.757. The second kappa shape index (κ2) is 3.71. The molecule has 3 N–H and O–H groups in total. The van der Waals surface area contributed by atoms with Crippen LogP contribution in [0.3, 0.4) is 0 Å². The number of H-pyrrole nitrogens is 1. The molecule has 1 aliphatic carbocycles. The summed E-state index contributed by atoms with van der Waals surface area (Å²) in [5.41, 5.74) is 0.802. The maximum atomic E-state index is 11.7. The Morgan fingerprint density at radius 3 is 2.82 bits per heavy atom. The molecule has 0 bridgehead atoms. The van der Waals surface area contributed by atoms with E-state index in [9.17, 15) is 8.42 Å². The average molecular weight is 252 g/mol. The number of aromatic amines is 1. The lowest BCUT2D eigenvalue weighted by Crippen LogP contribution is -2.31. The Bertz CT molecular complexity index is 645. The van der Waals surface area contributed by atoms with Crippen molar-refractivity contribution in [3.63, 3.8) is 0 Å². The normalized spacial score (nSPS) is 16.2. The lowest BCUT2D eigenvalue weighted by molar-refractivity contribution is 0.586. The number of benzene rings is 1. The van der Waals surface area contributed by atoms with Crippen LogP contribution in [0.4, 0.5) is 5.82 Å². The van der Waals surface area contributed by atoms with Crippen LogP contribution in [0.15, 0.2) is 24.3 Å². The first kappa shape index (κ1) is 10.5. The van der Waals surface area contributed by atoms with Gasteiger partial charge >= 0.3 is 10.2 Å². The Labute approximate surface area is 98.6 Å². The first-order valence-corrected chi connectivity index (χ1v) is 6.85. The van der Waals surface area contributed by atoms with Crippen LogP contribution < -0.4 is 9.44 Å². The predicted octanol–water partition coefficient (Wildman–Crippen LogP) is 0.972. The van der Waals surface area contributed by atoms with Crippen molar-refractivity contribution in [1.29, 1.82) is 0 Å². The van der Waals surface area contributed by atoms with Gasteiger partial charge in [0.15, 0.2) is 5.82 Å². The third-order valence-corrected chi connectivity index (χ3v) is 3.71. The smallest absolute Gasteiger partial charge is 0.276 e. The fourth-order valence-corrected chi connectivity index (χ4v) is 2.76. The first-order chi connectivity index (χ1) is 8.14. The number of nitrogens with zero attached hydrogens (tertiary/aromatic N) is 1. The Morgan fingerprint density at radius 2 is 2.06 bits per heavy atom. The molecule has 0 saturated heterocycles. The maximum absolute atomic E-state index is 11.7. The van der Waals surface area contributed by atoms with Crippen LogP contribution in [0.2, 0.25) is 0 Å². The van der Waals surface area contributed by atoms with E-state index in [1.165, 1.54) is 0 Å². The largest absolute Gasteiger partial charge is 0.300 e. The lowest BCUT2D eigenvalue weighted by atomic mass is 10.2. The van der Waals surface area contributed by atoms with Crippen molar-refractivity contribution >= 4 is 26.9 Å². The number of aromatic nitrogens is 2. The molecule has 1 fully saturated rings. The highest BCUT2D eigenvalue weighted by Crippen LogP contribution is 2.22. The molecule has 17 heavy (non-hydrogen) atoms. The van der Waals surface area contributed by atoms with E-state index in [1.807, 2.05) is 24.3 Å². The second-order valence-corrected chi connectivity index (χ2v) is 5.56. The zero-order valence-electron chi connectivity index (χ0n) is 8.97. The summed E-state index contributed by atoms with van der Waals surface area (Å²) in [6, 6.07) is 7.44. The molecular weight excluding hydrogens is 240 g/mol. The van der Waals surface area contributed by atoms with Crippen LogP contribution in [0, 0.1) is 0 Å². The highest BCUT2D eigenvalue weighted by atomic mass is 32.2. The monoisotopic (exact) mass is 252 g/mol. The first-order valence-electron chi connectivity index (χ1n) is 5.37. The van der Waals surface area contributed by atoms with Gasteiger partial charge in [0.25, 0.3) is 0 Å². The van der Waals surface area contributed by atoms with Crippen molar-refractivity contribution in [2.75, 3.05) is 4.72 Å². The molecule has 0 aliphatic heterocycles. The van der Waals surface area contributed by atoms with E-state index < -0.39 is 10.2 Å². The molecule has 1 aromatic heterocycles. The fraction of sp³-hybridized carbons (Fsp3) is 0.300. The Morgan fingerprint density at radius 1 is 1.29 bits per heavy atom. The van der Waals surface area contributed by atoms with Gasteiger partial charge in [-0.2, -0.15) is 18.2 Å². The van der Waals surface area contributed by atoms with Crippen LogP contribution in [-0.2, 0) is 10.2 Å². The zero-order valence-corrected chi connectivity index (χ0v) is 9.79. The highest BCUT2D eigenvalue weighted by Gasteiger charge is 2.27. The Balaban J connectivity index is 1.89. The van der Waals surface area contributed by atoms with Gasteiger partial charge in [0.1, 0.15) is 0 Å². The summed E-state index contributed by atoms with van der Waals surface area (Å²) in [5, 5.41) is 7.49. The minimum atomic E-state index is -3.52. The van der Waals surface area contributed by atoms with E-state index in [4.69, 9.17) is 0 Å². The molecule has 0 unspecified atom stereocenters. The summed E-state index contributed by atoms with van der Waals surface area (Å²) in [7, 11) is -3.52. The Kier molecular flexibility index (Phi) is 2.30. The lowest BCUT2D eigenvalue weighted by Gasteiger charge is -2.05. The molecule has 0 radical (unpaired) electrons. The highest BCUT2D eigenvalue weighted by molar-refractivity contribution is 7.90. The topological polar surface area (TPSA) is 86.9 Å². The van der Waals surface area contributed by atoms with E-state index in [2.05, 4.69) is 19.6 Å². The molecule has 90 valence electrons. The van der Waals surface area contributed by atoms with Crippen molar-refractivity contribution in [3.8, 4) is 0 Å². The number of fused-ring (bicyclic) bond motifs is 1. The van der Waals surface area contributed by atoms with Gasteiger partial charge in [-0.05, 0) is 25.0 Å². The van der Waals surface area contributed by atoms with Gasteiger partial charge in [-0.3, -0.25) is 9.82 Å². The van der Waals surface area contributed by atoms with Crippen LogP contribution in [0.1, 0.15) is 12.8 Å². The number of rotatable bonds is 4. The molecule has 3 rings (SSSR count). The third kappa shape index (κ3) is 2.25. The zero-order chi connectivity index (χ0) is 11.9. The van der Waals surface area contributed by atoms with E-state index in [1.54, 1.807) is 0 Å². The van der Waals surface area contributed by atoms with Crippen LogP contribution >= 0.6 is 0 Å². The average Bonchev–Trinajstić information content (AvgIpc) is 2.99. The minimum Gasteiger partial charge on any atom is -0.276 e. The minimum absolute atomic E-state index is 0.0812. The van der Waals surface area contributed by atoms with E-state index in [0.717, 1.165) is 23.7 Å². The molecular formula is C10H12N4O2S. The number of hydrogen-bond acceptors (Lipinski definition) is 3. The van der Waals surface area contributed by atoms with Crippen molar-refractivity contribution in [3.05, 3.63) is 24.3 Å². The molecule has 0 atom stereocenters. The van der Waals surface area contributed by atoms with Crippen LogP contribution in [0.5, 0.6) is 0 Å². The second-order valence-electron chi connectivity index (χ2n) is 4.12. The molecule has 7 heteroatoms. The summed E-state index contributed by atoms with van der Waals surface area (Å²) in [6.07, 6.45) is 1.81. The van der Waals surface area contributed by atoms with Gasteiger partial charge in [0.2, 0.25) is 0 Å². The summed E-state index contributed by atoms with van der Waals surface area (Å²) < 4.78 is 28.4. The molecule has 1 saturated carbocycles. The summed E-state index contributed by atoms with van der Waals surface area (Å²) in [6.45, 7) is 0. The fourth-order valence-electron chi connectivity index (χ4n) is 1.62. The van der Waals surface area contributed by atoms with Gasteiger partial charge in [-0.15, -0.1) is 0 Å². The van der Waals surface area contributed by atoms with Gasteiger partial charge in [-0.1, -0.05) is 12.1 Å². The molecule has 2 aromatic rings. The van der Waals surface area contributed by atoms with Crippen molar-refractivity contribution < 1.29 is 8.42 Å². The van der Waals surface area contributed by atoms with Crippen molar-refractivity contribution in [2.24, 2.45) is 0 Å². The van der Waals surface area contributed by atoms with E-state index >= 15 is 0 Å². The standard InChI is InChI=1S/C10H12N4O2S/c15-17(16,13-7-5-6-7)14-10-8-3-1-2-4-9(8)11-12-10/h1-4,7,13H,5-6H2,(H2,11,12,14). The number of anilines is 1.